The predicted octanol–water partition coefficient (Wildman–Crippen LogP) is 1.37. The fourth-order valence-corrected chi connectivity index (χ4v) is 1.66. The van der Waals surface area contributed by atoms with E-state index in [2.05, 4.69) is 18.6 Å². The molecule has 0 aliphatic rings. The van der Waals surface area contributed by atoms with Crippen molar-refractivity contribution in [2.45, 2.75) is 12.5 Å². The van der Waals surface area contributed by atoms with Crippen molar-refractivity contribution in [3.05, 3.63) is 25.3 Å². The molecule has 0 fully saturated rings. The maximum absolute atomic E-state index is 11.0. The summed E-state index contributed by atoms with van der Waals surface area (Å²) in [5.41, 5.74) is 2.97. The first-order chi connectivity index (χ1) is 7.65. The molecule has 0 unspecified atom stereocenters. The maximum Gasteiger partial charge on any atom is 0.322 e. The van der Waals surface area contributed by atoms with Crippen LogP contribution in [-0.2, 0) is 4.79 Å². The quantitative estimate of drug-likeness (QED) is 0.449. The number of carbonyl (C=O) groups is 1. The minimum absolute atomic E-state index is 0.549. The molecular formula is C11H20N2O2S. The summed E-state index contributed by atoms with van der Waals surface area (Å²) < 4.78 is 0. The van der Waals surface area contributed by atoms with E-state index in [9.17, 15) is 4.79 Å². The third kappa shape index (κ3) is 6.66. The molecule has 0 aromatic rings. The van der Waals surface area contributed by atoms with Crippen LogP contribution in [0.5, 0.6) is 0 Å². The summed E-state index contributed by atoms with van der Waals surface area (Å²) in [5.74, 6) is -0.00726. The first kappa shape index (κ1) is 15.2. The molecule has 4 nitrogen and oxygen atoms in total. The number of aliphatic carboxylic acids is 1. The molecule has 0 rings (SSSR count). The van der Waals surface area contributed by atoms with E-state index in [1.807, 2.05) is 6.26 Å². The van der Waals surface area contributed by atoms with E-state index >= 15 is 0 Å². The maximum atomic E-state index is 11.0. The molecule has 0 aromatic carbocycles. The highest BCUT2D eigenvalue weighted by atomic mass is 32.2. The highest BCUT2D eigenvalue weighted by Gasteiger charge is 2.18. The van der Waals surface area contributed by atoms with Gasteiger partial charge in [0.05, 0.1) is 0 Å². The van der Waals surface area contributed by atoms with Crippen LogP contribution in [0.1, 0.15) is 6.42 Å². The van der Waals surface area contributed by atoms with E-state index in [-0.39, 0.29) is 0 Å². The molecule has 0 aliphatic carbocycles. The SMILES string of the molecule is C=CCN(CC=C)N[C@@H](CCSC)C(=O)O. The van der Waals surface area contributed by atoms with Gasteiger partial charge < -0.3 is 5.11 Å². The van der Waals surface area contributed by atoms with E-state index in [1.165, 1.54) is 0 Å². The summed E-state index contributed by atoms with van der Waals surface area (Å²) in [5, 5.41) is 10.8. The number of thioether (sulfide) groups is 1. The van der Waals surface area contributed by atoms with Gasteiger partial charge in [0.15, 0.2) is 0 Å². The fourth-order valence-electron chi connectivity index (χ4n) is 1.19. The van der Waals surface area contributed by atoms with Gasteiger partial charge in [-0.15, -0.1) is 13.2 Å². The monoisotopic (exact) mass is 244 g/mol. The highest BCUT2D eigenvalue weighted by Crippen LogP contribution is 2.02. The molecule has 0 heterocycles. The Labute approximate surface area is 101 Å². The van der Waals surface area contributed by atoms with Gasteiger partial charge in [0.25, 0.3) is 0 Å². The van der Waals surface area contributed by atoms with Crippen LogP contribution in [-0.4, -0.2) is 47.2 Å². The zero-order chi connectivity index (χ0) is 12.4. The summed E-state index contributed by atoms with van der Waals surface area (Å²) in [6, 6.07) is -0.549. The Kier molecular flexibility index (Phi) is 8.99. The van der Waals surface area contributed by atoms with Crippen molar-refractivity contribution >= 4 is 17.7 Å². The van der Waals surface area contributed by atoms with Crippen molar-refractivity contribution in [2.75, 3.05) is 25.1 Å². The zero-order valence-corrected chi connectivity index (χ0v) is 10.5. The van der Waals surface area contributed by atoms with E-state index in [4.69, 9.17) is 5.11 Å². The van der Waals surface area contributed by atoms with Crippen molar-refractivity contribution in [3.63, 3.8) is 0 Å². The van der Waals surface area contributed by atoms with Gasteiger partial charge in [-0.3, -0.25) is 4.79 Å². The Morgan fingerprint density at radius 2 is 2.06 bits per heavy atom. The lowest BCUT2D eigenvalue weighted by atomic mass is 10.2. The predicted molar refractivity (Wildman–Crippen MR) is 69.5 cm³/mol. The van der Waals surface area contributed by atoms with E-state index in [1.54, 1.807) is 28.9 Å². The van der Waals surface area contributed by atoms with Crippen LogP contribution in [0.25, 0.3) is 0 Å². The van der Waals surface area contributed by atoms with Crippen molar-refractivity contribution in [2.24, 2.45) is 0 Å². The Bertz CT molecular complexity index is 224. The second-order valence-electron chi connectivity index (χ2n) is 3.28. The molecule has 0 spiro atoms. The Morgan fingerprint density at radius 3 is 2.44 bits per heavy atom. The van der Waals surface area contributed by atoms with Gasteiger partial charge in [0.2, 0.25) is 0 Å². The molecule has 2 N–H and O–H groups in total. The lowest BCUT2D eigenvalue weighted by Gasteiger charge is -2.24. The van der Waals surface area contributed by atoms with Crippen LogP contribution in [0.2, 0.25) is 0 Å². The van der Waals surface area contributed by atoms with Gasteiger partial charge in [-0.25, -0.2) is 10.4 Å². The standard InChI is InChI=1S/C11H20N2O2S/c1-4-7-13(8-5-2)12-10(11(14)15)6-9-16-3/h4-5,10,12H,1-2,6-9H2,3H3,(H,14,15)/t10-/m0/s1. The van der Waals surface area contributed by atoms with Gasteiger partial charge in [-0.1, -0.05) is 12.2 Å². The first-order valence-electron chi connectivity index (χ1n) is 5.10. The van der Waals surface area contributed by atoms with E-state index < -0.39 is 12.0 Å². The minimum atomic E-state index is -0.827. The molecule has 92 valence electrons. The molecule has 5 heteroatoms. The summed E-state index contributed by atoms with van der Waals surface area (Å²) in [7, 11) is 0. The van der Waals surface area contributed by atoms with Crippen LogP contribution < -0.4 is 5.43 Å². The summed E-state index contributed by atoms with van der Waals surface area (Å²) in [6.45, 7) is 8.44. The Balaban J connectivity index is 4.25. The van der Waals surface area contributed by atoms with Crippen LogP contribution in [0, 0.1) is 0 Å². The number of rotatable bonds is 10. The average molecular weight is 244 g/mol. The van der Waals surface area contributed by atoms with E-state index in [0.717, 1.165) is 5.75 Å². The molecule has 0 bridgehead atoms. The lowest BCUT2D eigenvalue weighted by molar-refractivity contribution is -0.141. The summed E-state index contributed by atoms with van der Waals surface area (Å²) in [4.78, 5) is 11.0. The average Bonchev–Trinajstić information content (AvgIpc) is 2.24. The number of hydrogen-bond donors (Lipinski definition) is 2. The molecule has 0 saturated carbocycles. The molecule has 0 saturated heterocycles. The molecule has 0 aromatic heterocycles. The van der Waals surface area contributed by atoms with Gasteiger partial charge in [0, 0.05) is 13.1 Å². The molecule has 0 aliphatic heterocycles. The molecule has 0 amide bonds. The summed E-state index contributed by atoms with van der Waals surface area (Å²) in [6.07, 6.45) is 6.01. The Morgan fingerprint density at radius 1 is 1.50 bits per heavy atom. The number of carboxylic acids is 1. The largest absolute Gasteiger partial charge is 0.480 e. The number of nitrogens with zero attached hydrogens (tertiary/aromatic N) is 1. The van der Waals surface area contributed by atoms with Crippen LogP contribution >= 0.6 is 11.8 Å². The molecule has 1 atom stereocenters. The van der Waals surface area contributed by atoms with Crippen molar-refractivity contribution in [3.8, 4) is 0 Å². The third-order valence-electron chi connectivity index (χ3n) is 1.95. The van der Waals surface area contributed by atoms with E-state index in [0.29, 0.717) is 19.5 Å². The second-order valence-corrected chi connectivity index (χ2v) is 4.27. The second kappa shape index (κ2) is 9.45. The smallest absolute Gasteiger partial charge is 0.322 e. The topological polar surface area (TPSA) is 52.6 Å². The number of hydrazine groups is 1. The van der Waals surface area contributed by atoms with Crippen LogP contribution in [0.3, 0.4) is 0 Å². The summed E-state index contributed by atoms with van der Waals surface area (Å²) >= 11 is 1.64. The van der Waals surface area contributed by atoms with Gasteiger partial charge in [0.1, 0.15) is 6.04 Å². The number of hydrogen-bond acceptors (Lipinski definition) is 4. The van der Waals surface area contributed by atoms with Crippen molar-refractivity contribution in [1.29, 1.82) is 0 Å². The first-order valence-corrected chi connectivity index (χ1v) is 6.49. The lowest BCUT2D eigenvalue weighted by Crippen LogP contribution is -2.48. The Hall–Kier alpha value is -0.780. The molecule has 0 radical (unpaired) electrons. The third-order valence-corrected chi connectivity index (χ3v) is 2.59. The molecule has 16 heavy (non-hydrogen) atoms. The normalized spacial score (nSPS) is 12.4. The molecular weight excluding hydrogens is 224 g/mol. The van der Waals surface area contributed by atoms with Crippen molar-refractivity contribution < 1.29 is 9.90 Å². The van der Waals surface area contributed by atoms with Crippen LogP contribution in [0.15, 0.2) is 25.3 Å². The van der Waals surface area contributed by atoms with Gasteiger partial charge in [-0.2, -0.15) is 11.8 Å². The highest BCUT2D eigenvalue weighted by molar-refractivity contribution is 7.98. The van der Waals surface area contributed by atoms with Gasteiger partial charge >= 0.3 is 5.97 Å². The number of nitrogens with one attached hydrogen (secondary N) is 1. The van der Waals surface area contributed by atoms with Crippen molar-refractivity contribution in [1.82, 2.24) is 10.4 Å². The number of carboxylic acid groups (broad SMARTS) is 1. The zero-order valence-electron chi connectivity index (χ0n) is 9.69. The minimum Gasteiger partial charge on any atom is -0.480 e. The van der Waals surface area contributed by atoms with Crippen LogP contribution in [0.4, 0.5) is 0 Å². The fraction of sp³-hybridized carbons (Fsp3) is 0.545. The van der Waals surface area contributed by atoms with Gasteiger partial charge in [-0.05, 0) is 18.4 Å².